The van der Waals surface area contributed by atoms with E-state index in [1.807, 2.05) is 0 Å². The van der Waals surface area contributed by atoms with Crippen LogP contribution in [0.4, 0.5) is 8.78 Å². The zero-order valence-electron chi connectivity index (χ0n) is 4.01. The van der Waals surface area contributed by atoms with E-state index >= 15 is 0 Å². The van der Waals surface area contributed by atoms with Crippen LogP contribution in [-0.2, 0) is 0 Å². The van der Waals surface area contributed by atoms with E-state index in [4.69, 9.17) is 10.0 Å². The van der Waals surface area contributed by atoms with Gasteiger partial charge in [-0.25, -0.2) is 8.78 Å². The first kappa shape index (κ1) is 7.58. The Morgan fingerprint density at radius 2 is 1.88 bits per heavy atom. The van der Waals surface area contributed by atoms with Crippen molar-refractivity contribution in [1.29, 1.82) is 0 Å². The average molecular weight is 122 g/mol. The molecular weight excluding hydrogens is 117 g/mol. The molecule has 2 N–H and O–H groups in total. The fraction of sp³-hybridized carbons (Fsp3) is 0.333. The molecule has 0 heterocycles. The lowest BCUT2D eigenvalue weighted by Gasteiger charge is -2.06. The van der Waals surface area contributed by atoms with Crippen LogP contribution in [0.2, 0.25) is 0 Å². The van der Waals surface area contributed by atoms with E-state index in [-0.39, 0.29) is 6.08 Å². The summed E-state index contributed by atoms with van der Waals surface area (Å²) in [4.78, 5) is 0. The molecule has 0 radical (unpaired) electrons. The van der Waals surface area contributed by atoms with Gasteiger partial charge in [-0.3, -0.25) is 0 Å². The molecule has 0 saturated heterocycles. The van der Waals surface area contributed by atoms with Crippen molar-refractivity contribution in [2.45, 2.75) is 5.82 Å². The summed E-state index contributed by atoms with van der Waals surface area (Å²) in [5, 5.41) is 15.6. The maximum absolute atomic E-state index is 11.7. The predicted octanol–water partition coefficient (Wildman–Crippen LogP) is -0.180. The molecule has 0 aliphatic heterocycles. The minimum absolute atomic E-state index is 0.178. The molecule has 0 aliphatic carbocycles. The summed E-state index contributed by atoms with van der Waals surface area (Å²) >= 11 is 0. The van der Waals surface area contributed by atoms with Gasteiger partial charge in [0.15, 0.2) is 0 Å². The molecule has 0 aromatic carbocycles. The number of halogens is 2. The van der Waals surface area contributed by atoms with Crippen LogP contribution in [0, 0.1) is 0 Å². The molecule has 8 heavy (non-hydrogen) atoms. The van der Waals surface area contributed by atoms with Crippen molar-refractivity contribution in [2.75, 3.05) is 0 Å². The van der Waals surface area contributed by atoms with Crippen LogP contribution in [0.25, 0.3) is 0 Å². The summed E-state index contributed by atoms with van der Waals surface area (Å²) in [6.07, 6.45) is 0.178. The zero-order chi connectivity index (χ0) is 6.78. The van der Waals surface area contributed by atoms with Crippen molar-refractivity contribution in [3.8, 4) is 0 Å². The monoisotopic (exact) mass is 122 g/mol. The third-order valence-corrected chi connectivity index (χ3v) is 0.616. The number of alkyl halides is 2. The standard InChI is InChI=1S/C3H5BF2O2/c1-2-3(5,6)4(7)8/h2,7-8H,1H2. The maximum atomic E-state index is 11.7. The highest BCUT2D eigenvalue weighted by Crippen LogP contribution is 2.14. The van der Waals surface area contributed by atoms with Crippen molar-refractivity contribution in [1.82, 2.24) is 0 Å². The minimum Gasteiger partial charge on any atom is -0.423 e. The molecule has 0 aliphatic rings. The molecule has 0 aromatic rings. The first-order valence-electron chi connectivity index (χ1n) is 1.88. The van der Waals surface area contributed by atoms with Crippen molar-refractivity contribution in [2.24, 2.45) is 0 Å². The summed E-state index contributed by atoms with van der Waals surface area (Å²) < 4.78 is 23.3. The Labute approximate surface area is 45.6 Å². The van der Waals surface area contributed by atoms with E-state index in [9.17, 15) is 8.78 Å². The second-order valence-corrected chi connectivity index (χ2v) is 1.25. The zero-order valence-corrected chi connectivity index (χ0v) is 4.01. The van der Waals surface area contributed by atoms with Crippen LogP contribution >= 0.6 is 0 Å². The molecule has 0 rings (SSSR count). The van der Waals surface area contributed by atoms with Gasteiger partial charge in [0.05, 0.1) is 0 Å². The summed E-state index contributed by atoms with van der Waals surface area (Å²) in [6.45, 7) is 2.68. The van der Waals surface area contributed by atoms with E-state index in [0.29, 0.717) is 0 Å². The van der Waals surface area contributed by atoms with Gasteiger partial charge in [-0.2, -0.15) is 0 Å². The van der Waals surface area contributed by atoms with Gasteiger partial charge in [0.25, 0.3) is 5.82 Å². The average Bonchev–Trinajstić information content (AvgIpc) is 1.67. The maximum Gasteiger partial charge on any atom is 0.533 e. The van der Waals surface area contributed by atoms with Gasteiger partial charge >= 0.3 is 7.12 Å². The molecule has 0 saturated carbocycles. The van der Waals surface area contributed by atoms with Gasteiger partial charge < -0.3 is 10.0 Å². The lowest BCUT2D eigenvalue weighted by molar-refractivity contribution is 0.0993. The van der Waals surface area contributed by atoms with Crippen LogP contribution < -0.4 is 0 Å². The van der Waals surface area contributed by atoms with E-state index in [0.717, 1.165) is 0 Å². The molecule has 0 unspecified atom stereocenters. The van der Waals surface area contributed by atoms with Crippen molar-refractivity contribution < 1.29 is 18.8 Å². The fourth-order valence-electron chi connectivity index (χ4n) is 0.105. The molecule has 2 nitrogen and oxygen atoms in total. The smallest absolute Gasteiger partial charge is 0.423 e. The summed E-state index contributed by atoms with van der Waals surface area (Å²) in [5.74, 6) is -3.58. The minimum atomic E-state index is -3.58. The number of allylic oxidation sites excluding steroid dienone is 1. The second kappa shape index (κ2) is 2.24. The van der Waals surface area contributed by atoms with E-state index < -0.39 is 12.9 Å². The Morgan fingerprint density at radius 3 is 1.88 bits per heavy atom. The topological polar surface area (TPSA) is 40.5 Å². The molecule has 5 heteroatoms. The number of rotatable bonds is 2. The van der Waals surface area contributed by atoms with Gasteiger partial charge in [-0.1, -0.05) is 6.58 Å². The van der Waals surface area contributed by atoms with Crippen molar-refractivity contribution in [3.63, 3.8) is 0 Å². The Bertz CT molecular complexity index is 93.3. The highest BCUT2D eigenvalue weighted by atomic mass is 19.3. The molecule has 0 amide bonds. The van der Waals surface area contributed by atoms with E-state index in [1.54, 1.807) is 0 Å². The lowest BCUT2D eigenvalue weighted by atomic mass is 9.81. The van der Waals surface area contributed by atoms with E-state index in [2.05, 4.69) is 6.58 Å². The van der Waals surface area contributed by atoms with Gasteiger partial charge in [0, 0.05) is 0 Å². The van der Waals surface area contributed by atoms with Crippen LogP contribution in [0.5, 0.6) is 0 Å². The lowest BCUT2D eigenvalue weighted by Crippen LogP contribution is -2.35. The van der Waals surface area contributed by atoms with Crippen LogP contribution in [0.3, 0.4) is 0 Å². The first-order valence-corrected chi connectivity index (χ1v) is 1.88. The van der Waals surface area contributed by atoms with Crippen molar-refractivity contribution >= 4 is 7.12 Å². The van der Waals surface area contributed by atoms with Crippen LogP contribution in [0.15, 0.2) is 12.7 Å². The molecule has 0 fully saturated rings. The Hall–Kier alpha value is -0.415. The molecule has 0 spiro atoms. The molecule has 46 valence electrons. The summed E-state index contributed by atoms with van der Waals surface area (Å²) in [6, 6.07) is 0. The number of hydrogen-bond acceptors (Lipinski definition) is 2. The molecule has 0 bridgehead atoms. The highest BCUT2D eigenvalue weighted by Gasteiger charge is 2.39. The SMILES string of the molecule is C=CC(F)(F)B(O)O. The molecular formula is C3H5BF2O2. The fourth-order valence-corrected chi connectivity index (χ4v) is 0.105. The second-order valence-electron chi connectivity index (χ2n) is 1.25. The van der Waals surface area contributed by atoms with Gasteiger partial charge in [-0.15, -0.1) is 0 Å². The molecule has 0 atom stereocenters. The van der Waals surface area contributed by atoms with Crippen LogP contribution in [0.1, 0.15) is 0 Å². The summed E-state index contributed by atoms with van der Waals surface area (Å²) in [7, 11) is -2.64. The Morgan fingerprint density at radius 1 is 1.50 bits per heavy atom. The highest BCUT2D eigenvalue weighted by molar-refractivity contribution is 6.45. The third kappa shape index (κ3) is 1.59. The molecule has 0 aromatic heterocycles. The first-order chi connectivity index (χ1) is 3.50. The number of hydrogen-bond donors (Lipinski definition) is 2. The summed E-state index contributed by atoms with van der Waals surface area (Å²) in [5.41, 5.74) is 0. The predicted molar refractivity (Wildman–Crippen MR) is 25.3 cm³/mol. The van der Waals surface area contributed by atoms with Gasteiger partial charge in [-0.05, 0) is 6.08 Å². The van der Waals surface area contributed by atoms with Crippen molar-refractivity contribution in [3.05, 3.63) is 12.7 Å². The van der Waals surface area contributed by atoms with Gasteiger partial charge in [0.1, 0.15) is 0 Å². The Balaban J connectivity index is 3.90. The largest absolute Gasteiger partial charge is 0.533 e. The van der Waals surface area contributed by atoms with Crippen LogP contribution in [-0.4, -0.2) is 23.0 Å². The quantitative estimate of drug-likeness (QED) is 0.393. The van der Waals surface area contributed by atoms with Gasteiger partial charge in [0.2, 0.25) is 0 Å². The van der Waals surface area contributed by atoms with E-state index in [1.165, 1.54) is 0 Å². The third-order valence-electron chi connectivity index (χ3n) is 0.616. The normalized spacial score (nSPS) is 11.0. The Kier molecular flexibility index (Phi) is 2.12.